The van der Waals surface area contributed by atoms with Crippen LogP contribution in [0.25, 0.3) is 0 Å². The fraction of sp³-hybridized carbons (Fsp3) is 0.100. The number of hydrogen-bond donors (Lipinski definition) is 2. The van der Waals surface area contributed by atoms with E-state index in [0.717, 1.165) is 16.0 Å². The molecule has 1 heterocycles. The van der Waals surface area contributed by atoms with E-state index in [-0.39, 0.29) is 5.91 Å². The molecule has 1 aromatic heterocycles. The van der Waals surface area contributed by atoms with E-state index in [1.165, 1.54) is 11.1 Å². The molecule has 5 heteroatoms. The zero-order valence-corrected chi connectivity index (χ0v) is 15.6. The fourth-order valence-electron chi connectivity index (χ4n) is 2.54. The minimum atomic E-state index is -0.163. The van der Waals surface area contributed by atoms with Gasteiger partial charge in [0.1, 0.15) is 5.82 Å². The third-order valence-electron chi connectivity index (χ3n) is 3.62. The van der Waals surface area contributed by atoms with Crippen LogP contribution in [0.1, 0.15) is 21.5 Å². The highest BCUT2D eigenvalue weighted by Gasteiger charge is 2.06. The van der Waals surface area contributed by atoms with Gasteiger partial charge in [-0.2, -0.15) is 0 Å². The number of benzene rings is 2. The van der Waals surface area contributed by atoms with E-state index >= 15 is 0 Å². The Morgan fingerprint density at radius 1 is 0.920 bits per heavy atom. The number of nitrogens with zero attached hydrogens (tertiary/aromatic N) is 1. The molecule has 0 unspecified atom stereocenters. The van der Waals surface area contributed by atoms with Gasteiger partial charge in [0.15, 0.2) is 0 Å². The number of amides is 1. The fourth-order valence-corrected chi connectivity index (χ4v) is 2.81. The van der Waals surface area contributed by atoms with Gasteiger partial charge >= 0.3 is 0 Å². The summed E-state index contributed by atoms with van der Waals surface area (Å²) in [5.74, 6) is 0.566. The Morgan fingerprint density at radius 3 is 2.20 bits per heavy atom. The van der Waals surface area contributed by atoms with Crippen LogP contribution in [0.15, 0.2) is 65.3 Å². The first kappa shape index (κ1) is 17.2. The van der Waals surface area contributed by atoms with Crippen molar-refractivity contribution in [3.8, 4) is 0 Å². The quantitative estimate of drug-likeness (QED) is 0.616. The van der Waals surface area contributed by atoms with Crippen molar-refractivity contribution in [2.75, 3.05) is 10.6 Å². The third-order valence-corrected chi connectivity index (χ3v) is 4.15. The Bertz CT molecular complexity index is 870. The lowest BCUT2D eigenvalue weighted by Crippen LogP contribution is -2.11. The van der Waals surface area contributed by atoms with E-state index < -0.39 is 0 Å². The van der Waals surface area contributed by atoms with Gasteiger partial charge in [0.05, 0.1) is 11.9 Å². The first-order valence-corrected chi connectivity index (χ1v) is 8.67. The Labute approximate surface area is 155 Å². The zero-order chi connectivity index (χ0) is 17.8. The average Bonchev–Trinajstić information content (AvgIpc) is 2.56. The van der Waals surface area contributed by atoms with Crippen molar-refractivity contribution in [3.05, 3.63) is 82.0 Å². The molecule has 0 radical (unpaired) electrons. The van der Waals surface area contributed by atoms with Crippen LogP contribution in [0.4, 0.5) is 17.2 Å². The van der Waals surface area contributed by atoms with Crippen LogP contribution >= 0.6 is 15.9 Å². The summed E-state index contributed by atoms with van der Waals surface area (Å²) < 4.78 is 0.938. The van der Waals surface area contributed by atoms with Crippen LogP contribution in [0.2, 0.25) is 0 Å². The molecule has 0 aliphatic carbocycles. The second kappa shape index (κ2) is 7.49. The van der Waals surface area contributed by atoms with Crippen molar-refractivity contribution < 1.29 is 4.79 Å². The molecule has 0 fully saturated rings. The summed E-state index contributed by atoms with van der Waals surface area (Å²) in [5.41, 5.74) is 4.64. The Morgan fingerprint density at radius 2 is 1.60 bits per heavy atom. The smallest absolute Gasteiger partial charge is 0.255 e. The lowest BCUT2D eigenvalue weighted by molar-refractivity contribution is 0.102. The van der Waals surface area contributed by atoms with Gasteiger partial charge in [-0.25, -0.2) is 4.98 Å². The average molecular weight is 396 g/mol. The maximum Gasteiger partial charge on any atom is 0.255 e. The number of rotatable bonds is 4. The number of halogens is 1. The lowest BCUT2D eigenvalue weighted by atomic mass is 10.1. The van der Waals surface area contributed by atoms with Gasteiger partial charge in [-0.05, 0) is 73.5 Å². The molecule has 25 heavy (non-hydrogen) atoms. The third kappa shape index (κ3) is 4.67. The largest absolute Gasteiger partial charge is 0.340 e. The van der Waals surface area contributed by atoms with Crippen LogP contribution in [0, 0.1) is 13.8 Å². The number of nitrogens with one attached hydrogen (secondary N) is 2. The summed E-state index contributed by atoms with van der Waals surface area (Å²) in [6.07, 6.45) is 1.64. The van der Waals surface area contributed by atoms with Gasteiger partial charge in [0.2, 0.25) is 0 Å². The number of hydrogen-bond acceptors (Lipinski definition) is 3. The summed E-state index contributed by atoms with van der Waals surface area (Å²) >= 11 is 3.36. The molecule has 3 rings (SSSR count). The van der Waals surface area contributed by atoms with E-state index in [4.69, 9.17) is 0 Å². The van der Waals surface area contributed by atoms with Crippen molar-refractivity contribution in [2.45, 2.75) is 13.8 Å². The van der Waals surface area contributed by atoms with E-state index in [0.29, 0.717) is 11.3 Å². The van der Waals surface area contributed by atoms with Crippen molar-refractivity contribution in [3.63, 3.8) is 0 Å². The molecule has 0 atom stereocenters. The molecule has 2 aromatic carbocycles. The van der Waals surface area contributed by atoms with E-state index in [9.17, 15) is 4.79 Å². The van der Waals surface area contributed by atoms with E-state index in [1.807, 2.05) is 24.3 Å². The highest BCUT2D eigenvalue weighted by atomic mass is 79.9. The summed E-state index contributed by atoms with van der Waals surface area (Å²) in [6.45, 7) is 4.12. The normalized spacial score (nSPS) is 10.4. The molecule has 1 amide bonds. The molecule has 0 saturated heterocycles. The summed E-state index contributed by atoms with van der Waals surface area (Å²) in [6, 6.07) is 17.1. The van der Waals surface area contributed by atoms with Gasteiger partial charge in [0, 0.05) is 15.7 Å². The van der Waals surface area contributed by atoms with Crippen LogP contribution in [0.5, 0.6) is 0 Å². The first-order chi connectivity index (χ1) is 12.0. The SMILES string of the molecule is Cc1cc(C)cc(Nc2ccc(NC(=O)c3ccc(Br)cc3)cn2)c1. The number of anilines is 3. The van der Waals surface area contributed by atoms with Crippen molar-refractivity contribution in [2.24, 2.45) is 0 Å². The summed E-state index contributed by atoms with van der Waals surface area (Å²) in [4.78, 5) is 16.6. The summed E-state index contributed by atoms with van der Waals surface area (Å²) in [5, 5.41) is 6.12. The molecule has 126 valence electrons. The maximum atomic E-state index is 12.2. The Kier molecular flexibility index (Phi) is 5.14. The van der Waals surface area contributed by atoms with Gasteiger partial charge < -0.3 is 10.6 Å². The maximum absolute atomic E-state index is 12.2. The number of aryl methyl sites for hydroxylation is 2. The van der Waals surface area contributed by atoms with Gasteiger partial charge in [-0.3, -0.25) is 4.79 Å². The molecule has 2 N–H and O–H groups in total. The predicted molar refractivity (Wildman–Crippen MR) is 106 cm³/mol. The lowest BCUT2D eigenvalue weighted by Gasteiger charge is -2.09. The number of pyridine rings is 1. The Balaban J connectivity index is 1.67. The molecule has 0 aliphatic rings. The van der Waals surface area contributed by atoms with Gasteiger partial charge in [0.25, 0.3) is 5.91 Å². The monoisotopic (exact) mass is 395 g/mol. The molecule has 3 aromatic rings. The van der Waals surface area contributed by atoms with E-state index in [1.54, 1.807) is 18.3 Å². The molecule has 4 nitrogen and oxygen atoms in total. The predicted octanol–water partition coefficient (Wildman–Crippen LogP) is 5.46. The number of carbonyl (C=O) groups excluding carboxylic acids is 1. The van der Waals surface area contributed by atoms with Crippen molar-refractivity contribution in [1.29, 1.82) is 0 Å². The molecular formula is C20H18BrN3O. The van der Waals surface area contributed by atoms with Crippen LogP contribution in [-0.2, 0) is 0 Å². The van der Waals surface area contributed by atoms with Gasteiger partial charge in [-0.15, -0.1) is 0 Å². The van der Waals surface area contributed by atoms with Crippen molar-refractivity contribution in [1.82, 2.24) is 4.98 Å². The highest BCUT2D eigenvalue weighted by Crippen LogP contribution is 2.19. The second-order valence-corrected chi connectivity index (χ2v) is 6.81. The molecule has 0 spiro atoms. The molecule has 0 aliphatic heterocycles. The molecular weight excluding hydrogens is 378 g/mol. The molecule has 0 bridgehead atoms. The standard InChI is InChI=1S/C20H18BrN3O/c1-13-9-14(2)11-18(10-13)23-19-8-7-17(12-22-19)24-20(25)15-3-5-16(21)6-4-15/h3-12H,1-2H3,(H,22,23)(H,24,25). The minimum absolute atomic E-state index is 0.163. The first-order valence-electron chi connectivity index (χ1n) is 7.88. The topological polar surface area (TPSA) is 54.0 Å². The second-order valence-electron chi connectivity index (χ2n) is 5.89. The van der Waals surface area contributed by atoms with Gasteiger partial charge in [-0.1, -0.05) is 22.0 Å². The molecule has 0 saturated carbocycles. The van der Waals surface area contributed by atoms with Crippen LogP contribution < -0.4 is 10.6 Å². The van der Waals surface area contributed by atoms with Crippen molar-refractivity contribution >= 4 is 39.0 Å². The summed E-state index contributed by atoms with van der Waals surface area (Å²) in [7, 11) is 0. The van der Waals surface area contributed by atoms with Crippen LogP contribution in [-0.4, -0.2) is 10.9 Å². The number of carbonyl (C=O) groups is 1. The minimum Gasteiger partial charge on any atom is -0.340 e. The van der Waals surface area contributed by atoms with E-state index in [2.05, 4.69) is 63.6 Å². The Hall–Kier alpha value is -2.66. The number of aromatic nitrogens is 1. The van der Waals surface area contributed by atoms with Crippen LogP contribution in [0.3, 0.4) is 0 Å². The highest BCUT2D eigenvalue weighted by molar-refractivity contribution is 9.10. The zero-order valence-electron chi connectivity index (χ0n) is 14.0.